The summed E-state index contributed by atoms with van der Waals surface area (Å²) in [7, 11) is 0.117. The monoisotopic (exact) mass is 401 g/mol. The first-order valence-electron chi connectivity index (χ1n) is 8.66. The number of aliphatic hydroxyl groups is 1. The molecule has 0 spiro atoms. The van der Waals surface area contributed by atoms with Crippen molar-refractivity contribution in [1.29, 1.82) is 0 Å². The third kappa shape index (κ3) is 5.35. The number of benzene rings is 1. The first kappa shape index (κ1) is 21.0. The molecule has 0 aromatic heterocycles. The molecule has 146 valence electrons. The molecule has 1 aromatic carbocycles. The molecular weight excluding hydrogens is 374 g/mol. The summed E-state index contributed by atoms with van der Waals surface area (Å²) < 4.78 is 27.3. The van der Waals surface area contributed by atoms with E-state index < -0.39 is 10.0 Å². The highest BCUT2D eigenvalue weighted by molar-refractivity contribution is 7.99. The van der Waals surface area contributed by atoms with Crippen LogP contribution in [0.2, 0.25) is 0 Å². The Morgan fingerprint density at radius 1 is 1.27 bits per heavy atom. The van der Waals surface area contributed by atoms with Crippen LogP contribution in [0.25, 0.3) is 0 Å². The van der Waals surface area contributed by atoms with E-state index in [0.29, 0.717) is 24.5 Å². The maximum absolute atomic E-state index is 12.9. The van der Waals surface area contributed by atoms with Crippen molar-refractivity contribution in [2.75, 3.05) is 55.5 Å². The van der Waals surface area contributed by atoms with Gasteiger partial charge in [-0.15, -0.1) is 11.8 Å². The van der Waals surface area contributed by atoms with Crippen molar-refractivity contribution in [3.8, 4) is 0 Å². The van der Waals surface area contributed by atoms with Crippen LogP contribution < -0.4 is 10.2 Å². The van der Waals surface area contributed by atoms with E-state index in [1.807, 2.05) is 19.0 Å². The number of nitrogens with one attached hydrogen (secondary N) is 1. The van der Waals surface area contributed by atoms with Crippen LogP contribution in [0.3, 0.4) is 0 Å². The lowest BCUT2D eigenvalue weighted by Gasteiger charge is -2.26. The minimum absolute atomic E-state index is 0.0183. The van der Waals surface area contributed by atoms with Crippen molar-refractivity contribution in [3.63, 3.8) is 0 Å². The van der Waals surface area contributed by atoms with Crippen LogP contribution in [-0.2, 0) is 14.8 Å². The van der Waals surface area contributed by atoms with E-state index in [0.717, 1.165) is 24.9 Å². The van der Waals surface area contributed by atoms with Gasteiger partial charge in [0.15, 0.2) is 0 Å². The van der Waals surface area contributed by atoms with E-state index in [1.165, 1.54) is 22.1 Å². The van der Waals surface area contributed by atoms with Gasteiger partial charge in [-0.25, -0.2) is 8.42 Å². The number of rotatable bonds is 8. The van der Waals surface area contributed by atoms with Gasteiger partial charge < -0.3 is 15.3 Å². The number of sulfonamides is 1. The van der Waals surface area contributed by atoms with Gasteiger partial charge in [0.2, 0.25) is 15.9 Å². The highest BCUT2D eigenvalue weighted by Gasteiger charge is 2.27. The summed E-state index contributed by atoms with van der Waals surface area (Å²) >= 11 is 1.33. The Morgan fingerprint density at radius 2 is 1.96 bits per heavy atom. The molecule has 1 saturated heterocycles. The fourth-order valence-electron chi connectivity index (χ4n) is 2.84. The van der Waals surface area contributed by atoms with Crippen LogP contribution in [0.5, 0.6) is 0 Å². The van der Waals surface area contributed by atoms with Crippen LogP contribution in [-0.4, -0.2) is 69.0 Å². The van der Waals surface area contributed by atoms with Gasteiger partial charge in [-0.2, -0.15) is 4.31 Å². The van der Waals surface area contributed by atoms with Gasteiger partial charge in [0.25, 0.3) is 0 Å². The number of hydrogen-bond donors (Lipinski definition) is 2. The number of anilines is 2. The summed E-state index contributed by atoms with van der Waals surface area (Å²) in [5.41, 5.74) is 1.21. The molecule has 1 aromatic rings. The fraction of sp³-hybridized carbons (Fsp3) is 0.588. The van der Waals surface area contributed by atoms with Gasteiger partial charge in [-0.3, -0.25) is 4.79 Å². The number of carbonyl (C=O) groups is 1. The molecule has 2 rings (SSSR count). The molecular formula is C17H27N3O4S2. The minimum atomic E-state index is -3.56. The zero-order valence-electron chi connectivity index (χ0n) is 15.3. The molecule has 1 aliphatic rings. The predicted octanol–water partition coefficient (Wildman–Crippen LogP) is 1.59. The lowest BCUT2D eigenvalue weighted by Crippen LogP contribution is -2.35. The Hall–Kier alpha value is -1.29. The summed E-state index contributed by atoms with van der Waals surface area (Å²) in [6.45, 7) is 1.10. The third-order valence-electron chi connectivity index (χ3n) is 4.15. The normalized spacial score (nSPS) is 15.7. The molecule has 0 radical (unpaired) electrons. The fourth-order valence-corrected chi connectivity index (χ4v) is 4.91. The standard InChI is InChI=1S/C17H27N3O4S2/c1-19(2)16-7-6-14(26(23,24)20-8-4-3-5-9-20)12-15(16)18-17(22)13-25-11-10-21/h6-7,12,21H,3-5,8-11,13H2,1-2H3,(H,18,22). The van der Waals surface area contributed by atoms with Crippen molar-refractivity contribution in [1.82, 2.24) is 4.31 Å². The lowest BCUT2D eigenvalue weighted by molar-refractivity contribution is -0.113. The molecule has 2 N–H and O–H groups in total. The van der Waals surface area contributed by atoms with E-state index in [-0.39, 0.29) is 23.2 Å². The number of carbonyl (C=O) groups excluding carboxylic acids is 1. The summed E-state index contributed by atoms with van der Waals surface area (Å²) in [5, 5.41) is 11.6. The van der Waals surface area contributed by atoms with E-state index in [2.05, 4.69) is 5.32 Å². The molecule has 0 bridgehead atoms. The largest absolute Gasteiger partial charge is 0.396 e. The second-order valence-electron chi connectivity index (χ2n) is 6.36. The van der Waals surface area contributed by atoms with Gasteiger partial charge in [-0.05, 0) is 31.0 Å². The predicted molar refractivity (Wildman–Crippen MR) is 106 cm³/mol. The molecule has 1 heterocycles. The van der Waals surface area contributed by atoms with Crippen molar-refractivity contribution >= 4 is 39.1 Å². The highest BCUT2D eigenvalue weighted by atomic mass is 32.2. The lowest BCUT2D eigenvalue weighted by atomic mass is 10.2. The van der Waals surface area contributed by atoms with Crippen LogP contribution in [0.1, 0.15) is 19.3 Å². The maximum Gasteiger partial charge on any atom is 0.243 e. The Balaban J connectivity index is 2.25. The molecule has 0 atom stereocenters. The molecule has 0 saturated carbocycles. The number of thioether (sulfide) groups is 1. The Morgan fingerprint density at radius 3 is 2.58 bits per heavy atom. The molecule has 1 amide bonds. The average Bonchev–Trinajstić information content (AvgIpc) is 2.62. The van der Waals surface area contributed by atoms with Crippen LogP contribution in [0, 0.1) is 0 Å². The summed E-state index contributed by atoms with van der Waals surface area (Å²) in [6, 6.07) is 4.84. The molecule has 0 unspecified atom stereocenters. The molecule has 1 aliphatic heterocycles. The quantitative estimate of drug-likeness (QED) is 0.643. The minimum Gasteiger partial charge on any atom is -0.396 e. The van der Waals surface area contributed by atoms with Crippen LogP contribution in [0.4, 0.5) is 11.4 Å². The van der Waals surface area contributed by atoms with E-state index >= 15 is 0 Å². The average molecular weight is 402 g/mol. The first-order chi connectivity index (χ1) is 12.4. The number of aliphatic hydroxyl groups excluding tert-OH is 1. The summed E-state index contributed by atoms with van der Waals surface area (Å²) in [5.74, 6) is 0.465. The smallest absolute Gasteiger partial charge is 0.243 e. The van der Waals surface area contributed by atoms with Gasteiger partial charge in [0.1, 0.15) is 0 Å². The van der Waals surface area contributed by atoms with Crippen molar-refractivity contribution in [2.24, 2.45) is 0 Å². The number of piperidine rings is 1. The Labute approximate surface area is 159 Å². The van der Waals surface area contributed by atoms with Gasteiger partial charge in [0.05, 0.1) is 28.6 Å². The molecule has 0 aliphatic carbocycles. The van der Waals surface area contributed by atoms with Crippen LogP contribution >= 0.6 is 11.8 Å². The summed E-state index contributed by atoms with van der Waals surface area (Å²) in [6.07, 6.45) is 2.81. The second kappa shape index (κ2) is 9.59. The molecule has 9 heteroatoms. The third-order valence-corrected chi connectivity index (χ3v) is 6.98. The zero-order valence-corrected chi connectivity index (χ0v) is 16.9. The Kier molecular flexibility index (Phi) is 7.75. The van der Waals surface area contributed by atoms with E-state index in [1.54, 1.807) is 12.1 Å². The zero-order chi connectivity index (χ0) is 19.2. The number of nitrogens with zero attached hydrogens (tertiary/aromatic N) is 2. The number of hydrogen-bond acceptors (Lipinski definition) is 6. The first-order valence-corrected chi connectivity index (χ1v) is 11.3. The maximum atomic E-state index is 12.9. The molecule has 1 fully saturated rings. The molecule has 26 heavy (non-hydrogen) atoms. The van der Waals surface area contributed by atoms with Crippen LogP contribution in [0.15, 0.2) is 23.1 Å². The topological polar surface area (TPSA) is 90.0 Å². The van der Waals surface area contributed by atoms with Gasteiger partial charge in [0, 0.05) is 32.9 Å². The van der Waals surface area contributed by atoms with Crippen molar-refractivity contribution in [3.05, 3.63) is 18.2 Å². The second-order valence-corrected chi connectivity index (χ2v) is 9.41. The SMILES string of the molecule is CN(C)c1ccc(S(=O)(=O)N2CCCCC2)cc1NC(=O)CSCCO. The highest BCUT2D eigenvalue weighted by Crippen LogP contribution is 2.30. The summed E-state index contributed by atoms with van der Waals surface area (Å²) in [4.78, 5) is 14.2. The van der Waals surface area contributed by atoms with Crippen molar-refractivity contribution < 1.29 is 18.3 Å². The van der Waals surface area contributed by atoms with Gasteiger partial charge in [-0.1, -0.05) is 6.42 Å². The van der Waals surface area contributed by atoms with Gasteiger partial charge >= 0.3 is 0 Å². The van der Waals surface area contributed by atoms with E-state index in [4.69, 9.17) is 5.11 Å². The van der Waals surface area contributed by atoms with E-state index in [9.17, 15) is 13.2 Å². The van der Waals surface area contributed by atoms with Crippen molar-refractivity contribution in [2.45, 2.75) is 24.2 Å². The Bertz CT molecular complexity index is 717. The molecule has 7 nitrogen and oxygen atoms in total. The number of amides is 1.